The topological polar surface area (TPSA) is 68.5 Å². The Morgan fingerprint density at radius 1 is 1.14 bits per heavy atom. The molecule has 2 heterocycles. The van der Waals surface area contributed by atoms with Crippen molar-refractivity contribution in [3.63, 3.8) is 0 Å². The van der Waals surface area contributed by atoms with Gasteiger partial charge < -0.3 is 14.1 Å². The largest absolute Gasteiger partial charge is 0.494 e. The Morgan fingerprint density at radius 3 is 2.68 bits per heavy atom. The fourth-order valence-electron chi connectivity index (χ4n) is 3.50. The Bertz CT molecular complexity index is 922. The van der Waals surface area contributed by atoms with Crippen LogP contribution in [0.1, 0.15) is 41.9 Å². The predicted octanol–water partition coefficient (Wildman–Crippen LogP) is 4.16. The van der Waals surface area contributed by atoms with E-state index in [1.807, 2.05) is 66.4 Å². The second-order valence-corrected chi connectivity index (χ2v) is 6.86. The molecule has 1 saturated heterocycles. The maximum absolute atomic E-state index is 12.9. The zero-order valence-corrected chi connectivity index (χ0v) is 15.9. The second kappa shape index (κ2) is 8.25. The van der Waals surface area contributed by atoms with Gasteiger partial charge in [-0.1, -0.05) is 18.2 Å². The van der Waals surface area contributed by atoms with Gasteiger partial charge in [-0.2, -0.15) is 0 Å². The maximum atomic E-state index is 12.9. The highest BCUT2D eigenvalue weighted by Gasteiger charge is 2.29. The summed E-state index contributed by atoms with van der Waals surface area (Å²) >= 11 is 0. The highest BCUT2D eigenvalue weighted by molar-refractivity contribution is 5.94. The molecule has 1 amide bonds. The smallest absolute Gasteiger partial charge is 0.253 e. The Kier molecular flexibility index (Phi) is 5.37. The lowest BCUT2D eigenvalue weighted by molar-refractivity contribution is 0.0698. The molecule has 0 spiro atoms. The van der Waals surface area contributed by atoms with E-state index in [1.165, 1.54) is 0 Å². The van der Waals surface area contributed by atoms with Gasteiger partial charge in [0, 0.05) is 24.2 Å². The molecule has 2 aromatic carbocycles. The molecule has 144 valence electrons. The molecular weight excluding hydrogens is 354 g/mol. The van der Waals surface area contributed by atoms with E-state index in [0.717, 1.165) is 30.7 Å². The quantitative estimate of drug-likeness (QED) is 0.668. The van der Waals surface area contributed by atoms with Crippen LogP contribution in [0, 0.1) is 0 Å². The summed E-state index contributed by atoms with van der Waals surface area (Å²) < 4.78 is 11.4. The minimum Gasteiger partial charge on any atom is -0.494 e. The fourth-order valence-corrected chi connectivity index (χ4v) is 3.50. The van der Waals surface area contributed by atoms with E-state index < -0.39 is 0 Å². The number of nitrogens with zero attached hydrogens (tertiary/aromatic N) is 3. The molecule has 6 heteroatoms. The van der Waals surface area contributed by atoms with Gasteiger partial charge in [-0.05, 0) is 56.2 Å². The van der Waals surface area contributed by atoms with Crippen LogP contribution < -0.4 is 4.74 Å². The number of hydrogen-bond donors (Lipinski definition) is 0. The monoisotopic (exact) mass is 377 g/mol. The molecule has 1 aliphatic rings. The third kappa shape index (κ3) is 3.91. The number of piperidine rings is 1. The summed E-state index contributed by atoms with van der Waals surface area (Å²) in [5, 5.41) is 8.43. The summed E-state index contributed by atoms with van der Waals surface area (Å²) in [6, 6.07) is 17.0. The summed E-state index contributed by atoms with van der Waals surface area (Å²) in [6.45, 7) is 3.87. The number of carbonyl (C=O) groups excluding carboxylic acids is 1. The van der Waals surface area contributed by atoms with Crippen LogP contribution in [0.5, 0.6) is 5.75 Å². The molecule has 4 rings (SSSR count). The minimum absolute atomic E-state index is 0.0237. The number of rotatable bonds is 5. The summed E-state index contributed by atoms with van der Waals surface area (Å²) in [4.78, 5) is 14.8. The van der Waals surface area contributed by atoms with E-state index >= 15 is 0 Å². The van der Waals surface area contributed by atoms with Crippen molar-refractivity contribution >= 4 is 5.91 Å². The molecule has 3 aromatic rings. The molecule has 28 heavy (non-hydrogen) atoms. The van der Waals surface area contributed by atoms with Gasteiger partial charge in [0.1, 0.15) is 5.75 Å². The Hall–Kier alpha value is -3.15. The van der Waals surface area contributed by atoms with Crippen LogP contribution in [-0.4, -0.2) is 40.7 Å². The lowest BCUT2D eigenvalue weighted by Gasteiger charge is -2.31. The SMILES string of the molecule is CCOc1ccc(C(=O)N2CCC[C@H](c3nnc(-c4ccccc4)o3)C2)cc1. The van der Waals surface area contributed by atoms with Crippen molar-refractivity contribution in [3.05, 3.63) is 66.1 Å². The van der Waals surface area contributed by atoms with Gasteiger partial charge in [-0.15, -0.1) is 10.2 Å². The maximum Gasteiger partial charge on any atom is 0.253 e. The van der Waals surface area contributed by atoms with Gasteiger partial charge >= 0.3 is 0 Å². The number of likely N-dealkylation sites (tertiary alicyclic amines) is 1. The molecular formula is C22H23N3O3. The van der Waals surface area contributed by atoms with Crippen molar-refractivity contribution in [2.24, 2.45) is 0 Å². The average Bonchev–Trinajstić information content (AvgIpc) is 3.25. The first-order valence-corrected chi connectivity index (χ1v) is 9.65. The molecule has 6 nitrogen and oxygen atoms in total. The van der Waals surface area contributed by atoms with Crippen LogP contribution >= 0.6 is 0 Å². The van der Waals surface area contributed by atoms with Crippen LogP contribution in [0.2, 0.25) is 0 Å². The van der Waals surface area contributed by atoms with E-state index in [2.05, 4.69) is 10.2 Å². The first-order chi connectivity index (χ1) is 13.7. The number of carbonyl (C=O) groups is 1. The highest BCUT2D eigenvalue weighted by Crippen LogP contribution is 2.29. The molecule has 1 aromatic heterocycles. The zero-order chi connectivity index (χ0) is 19.3. The Morgan fingerprint density at radius 2 is 1.93 bits per heavy atom. The van der Waals surface area contributed by atoms with Crippen molar-refractivity contribution < 1.29 is 13.9 Å². The standard InChI is InChI=1S/C22H23N3O3/c1-2-27-19-12-10-17(11-13-19)22(26)25-14-6-9-18(15-25)21-24-23-20(28-21)16-7-4-3-5-8-16/h3-5,7-8,10-13,18H,2,6,9,14-15H2,1H3/t18-/m0/s1. The molecule has 0 radical (unpaired) electrons. The normalized spacial score (nSPS) is 16.8. The number of amides is 1. The van der Waals surface area contributed by atoms with E-state index in [-0.39, 0.29) is 11.8 Å². The summed E-state index contributed by atoms with van der Waals surface area (Å²) in [6.07, 6.45) is 1.85. The zero-order valence-electron chi connectivity index (χ0n) is 15.9. The van der Waals surface area contributed by atoms with E-state index in [1.54, 1.807) is 0 Å². The van der Waals surface area contributed by atoms with Gasteiger partial charge in [0.25, 0.3) is 5.91 Å². The predicted molar refractivity (Wildman–Crippen MR) is 105 cm³/mol. The molecule has 0 saturated carbocycles. The lowest BCUT2D eigenvalue weighted by atomic mass is 9.97. The fraction of sp³-hybridized carbons (Fsp3) is 0.318. The van der Waals surface area contributed by atoms with Crippen molar-refractivity contribution in [2.45, 2.75) is 25.7 Å². The van der Waals surface area contributed by atoms with Crippen molar-refractivity contribution in [1.29, 1.82) is 0 Å². The third-order valence-electron chi connectivity index (χ3n) is 4.93. The number of ether oxygens (including phenoxy) is 1. The first kappa shape index (κ1) is 18.2. The van der Waals surface area contributed by atoms with Gasteiger partial charge in [0.05, 0.1) is 12.5 Å². The molecule has 0 aliphatic carbocycles. The lowest BCUT2D eigenvalue weighted by Crippen LogP contribution is -2.39. The second-order valence-electron chi connectivity index (χ2n) is 6.86. The average molecular weight is 377 g/mol. The summed E-state index contributed by atoms with van der Waals surface area (Å²) in [5.74, 6) is 1.98. The van der Waals surface area contributed by atoms with E-state index in [0.29, 0.717) is 30.5 Å². The van der Waals surface area contributed by atoms with Crippen LogP contribution in [0.15, 0.2) is 59.0 Å². The number of benzene rings is 2. The van der Waals surface area contributed by atoms with Crippen molar-refractivity contribution in [3.8, 4) is 17.2 Å². The van der Waals surface area contributed by atoms with Crippen molar-refractivity contribution in [1.82, 2.24) is 15.1 Å². The molecule has 1 atom stereocenters. The van der Waals surface area contributed by atoms with Gasteiger partial charge in [0.15, 0.2) is 0 Å². The van der Waals surface area contributed by atoms with Crippen LogP contribution in [0.25, 0.3) is 11.5 Å². The van der Waals surface area contributed by atoms with Crippen LogP contribution in [-0.2, 0) is 0 Å². The third-order valence-corrected chi connectivity index (χ3v) is 4.93. The minimum atomic E-state index is 0.0237. The molecule has 0 unspecified atom stereocenters. The molecule has 1 fully saturated rings. The van der Waals surface area contributed by atoms with E-state index in [4.69, 9.17) is 9.15 Å². The van der Waals surface area contributed by atoms with Crippen molar-refractivity contribution in [2.75, 3.05) is 19.7 Å². The Labute approximate surface area is 164 Å². The summed E-state index contributed by atoms with van der Waals surface area (Å²) in [5.41, 5.74) is 1.57. The van der Waals surface area contributed by atoms with Crippen LogP contribution in [0.4, 0.5) is 0 Å². The highest BCUT2D eigenvalue weighted by atomic mass is 16.5. The summed E-state index contributed by atoms with van der Waals surface area (Å²) in [7, 11) is 0. The number of hydrogen-bond acceptors (Lipinski definition) is 5. The van der Waals surface area contributed by atoms with E-state index in [9.17, 15) is 4.79 Å². The van der Waals surface area contributed by atoms with Gasteiger partial charge in [-0.25, -0.2) is 0 Å². The first-order valence-electron chi connectivity index (χ1n) is 9.65. The Balaban J connectivity index is 1.45. The molecule has 0 bridgehead atoms. The molecule has 0 N–H and O–H groups in total. The number of aromatic nitrogens is 2. The van der Waals surface area contributed by atoms with Gasteiger partial charge in [0.2, 0.25) is 11.8 Å². The van der Waals surface area contributed by atoms with Crippen LogP contribution in [0.3, 0.4) is 0 Å². The van der Waals surface area contributed by atoms with Gasteiger partial charge in [-0.3, -0.25) is 4.79 Å². The molecule has 1 aliphatic heterocycles.